The first-order valence-corrected chi connectivity index (χ1v) is 6.28. The number of aromatic nitrogens is 2. The first-order valence-electron chi connectivity index (χ1n) is 6.28. The monoisotopic (exact) mass is 266 g/mol. The summed E-state index contributed by atoms with van der Waals surface area (Å²) in [6, 6.07) is 20.4. The number of nitrogens with one attached hydrogen (secondary N) is 1. The van der Waals surface area contributed by atoms with E-state index in [1.807, 2.05) is 60.7 Å². The molecule has 0 spiro atoms. The van der Waals surface area contributed by atoms with Gasteiger partial charge in [-0.25, -0.2) is 0 Å². The molecule has 3 rings (SSSR count). The van der Waals surface area contributed by atoms with Gasteiger partial charge in [0.05, 0.1) is 6.04 Å². The fourth-order valence-corrected chi connectivity index (χ4v) is 2.07. The normalized spacial score (nSPS) is 10.7. The maximum atomic E-state index is 5.45. The van der Waals surface area contributed by atoms with E-state index in [0.717, 1.165) is 11.1 Å². The van der Waals surface area contributed by atoms with Gasteiger partial charge in [0.25, 0.3) is 0 Å². The van der Waals surface area contributed by atoms with Crippen LogP contribution in [0.2, 0.25) is 0 Å². The van der Waals surface area contributed by atoms with Crippen molar-refractivity contribution in [2.24, 2.45) is 0 Å². The van der Waals surface area contributed by atoms with E-state index in [1.165, 1.54) is 0 Å². The number of benzene rings is 2. The van der Waals surface area contributed by atoms with Gasteiger partial charge in [0.2, 0.25) is 0 Å². The molecule has 0 aliphatic heterocycles. The fraction of sp³-hybridized carbons (Fsp3) is 0.0667. The molecule has 0 aliphatic rings. The SMILES string of the molecule is Nc1nnc(NC(c2ccccc2)c2ccccc2)o1. The predicted octanol–water partition coefficient (Wildman–Crippen LogP) is 2.85. The second-order valence-corrected chi connectivity index (χ2v) is 4.34. The van der Waals surface area contributed by atoms with Crippen LogP contribution in [-0.4, -0.2) is 10.2 Å². The van der Waals surface area contributed by atoms with Crippen molar-refractivity contribution >= 4 is 12.0 Å². The van der Waals surface area contributed by atoms with Crippen molar-refractivity contribution in [2.75, 3.05) is 11.1 Å². The van der Waals surface area contributed by atoms with E-state index in [9.17, 15) is 0 Å². The molecule has 0 atom stereocenters. The van der Waals surface area contributed by atoms with Crippen molar-refractivity contribution in [3.8, 4) is 0 Å². The minimum atomic E-state index is -0.0720. The molecule has 0 saturated heterocycles. The lowest BCUT2D eigenvalue weighted by Gasteiger charge is -2.18. The number of hydrogen-bond acceptors (Lipinski definition) is 5. The van der Waals surface area contributed by atoms with Gasteiger partial charge in [-0.2, -0.15) is 0 Å². The van der Waals surface area contributed by atoms with Crippen molar-refractivity contribution < 1.29 is 4.42 Å². The topological polar surface area (TPSA) is 77.0 Å². The van der Waals surface area contributed by atoms with Crippen LogP contribution in [0.3, 0.4) is 0 Å². The van der Waals surface area contributed by atoms with Crippen molar-refractivity contribution in [1.29, 1.82) is 0 Å². The number of hydrogen-bond donors (Lipinski definition) is 2. The Bertz CT molecular complexity index is 627. The van der Waals surface area contributed by atoms with Gasteiger partial charge in [-0.05, 0) is 11.1 Å². The summed E-state index contributed by atoms with van der Waals surface area (Å²) >= 11 is 0. The van der Waals surface area contributed by atoms with E-state index >= 15 is 0 Å². The molecule has 1 aromatic heterocycles. The summed E-state index contributed by atoms with van der Waals surface area (Å²) in [5.74, 6) is 0. The van der Waals surface area contributed by atoms with Crippen LogP contribution in [0.5, 0.6) is 0 Å². The molecule has 0 radical (unpaired) electrons. The van der Waals surface area contributed by atoms with Crippen LogP contribution < -0.4 is 11.1 Å². The Kier molecular flexibility index (Phi) is 3.33. The zero-order valence-corrected chi connectivity index (χ0v) is 10.7. The Morgan fingerprint density at radius 3 is 1.85 bits per heavy atom. The van der Waals surface area contributed by atoms with Gasteiger partial charge < -0.3 is 15.5 Å². The molecule has 0 amide bonds. The molecule has 100 valence electrons. The summed E-state index contributed by atoms with van der Waals surface area (Å²) in [6.45, 7) is 0. The first kappa shape index (κ1) is 12.2. The quantitative estimate of drug-likeness (QED) is 0.759. The third-order valence-corrected chi connectivity index (χ3v) is 2.97. The zero-order chi connectivity index (χ0) is 13.8. The number of rotatable bonds is 4. The van der Waals surface area contributed by atoms with Gasteiger partial charge in [0, 0.05) is 0 Å². The molecule has 0 unspecified atom stereocenters. The predicted molar refractivity (Wildman–Crippen MR) is 77.1 cm³/mol. The molecular formula is C15H14N4O. The third-order valence-electron chi connectivity index (χ3n) is 2.97. The number of nitrogen functional groups attached to an aromatic ring is 1. The average Bonchev–Trinajstić information content (AvgIpc) is 2.92. The summed E-state index contributed by atoms with van der Waals surface area (Å²) < 4.78 is 5.20. The lowest BCUT2D eigenvalue weighted by atomic mass is 9.99. The zero-order valence-electron chi connectivity index (χ0n) is 10.7. The van der Waals surface area contributed by atoms with Crippen LogP contribution in [0.1, 0.15) is 17.2 Å². The van der Waals surface area contributed by atoms with E-state index in [2.05, 4.69) is 15.5 Å². The summed E-state index contributed by atoms with van der Waals surface area (Å²) in [5.41, 5.74) is 7.67. The molecule has 20 heavy (non-hydrogen) atoms. The highest BCUT2D eigenvalue weighted by Gasteiger charge is 2.16. The summed E-state index contributed by atoms with van der Waals surface area (Å²) in [7, 11) is 0. The van der Waals surface area contributed by atoms with E-state index in [4.69, 9.17) is 10.2 Å². The first-order chi connectivity index (χ1) is 9.83. The van der Waals surface area contributed by atoms with E-state index in [1.54, 1.807) is 0 Å². The van der Waals surface area contributed by atoms with Gasteiger partial charge in [0.1, 0.15) is 0 Å². The van der Waals surface area contributed by atoms with Crippen LogP contribution in [-0.2, 0) is 0 Å². The van der Waals surface area contributed by atoms with Gasteiger partial charge in [-0.15, -0.1) is 0 Å². The van der Waals surface area contributed by atoms with Gasteiger partial charge in [-0.3, -0.25) is 0 Å². The largest absolute Gasteiger partial charge is 0.390 e. The van der Waals surface area contributed by atoms with Crippen molar-refractivity contribution in [2.45, 2.75) is 6.04 Å². The molecule has 0 bridgehead atoms. The minimum Gasteiger partial charge on any atom is -0.390 e. The highest BCUT2D eigenvalue weighted by Crippen LogP contribution is 2.26. The molecule has 2 aromatic carbocycles. The highest BCUT2D eigenvalue weighted by atomic mass is 16.4. The van der Waals surface area contributed by atoms with E-state index in [-0.39, 0.29) is 12.1 Å². The summed E-state index contributed by atoms with van der Waals surface area (Å²) in [6.07, 6.45) is 0. The lowest BCUT2D eigenvalue weighted by molar-refractivity contribution is 0.581. The Morgan fingerprint density at radius 2 is 1.40 bits per heavy atom. The minimum absolute atomic E-state index is 0.0485. The Morgan fingerprint density at radius 1 is 0.850 bits per heavy atom. The van der Waals surface area contributed by atoms with Crippen LogP contribution in [0.4, 0.5) is 12.0 Å². The van der Waals surface area contributed by atoms with Gasteiger partial charge >= 0.3 is 12.0 Å². The van der Waals surface area contributed by atoms with E-state index in [0.29, 0.717) is 6.01 Å². The van der Waals surface area contributed by atoms with E-state index < -0.39 is 0 Å². The maximum Gasteiger partial charge on any atom is 0.317 e. The van der Waals surface area contributed by atoms with Crippen molar-refractivity contribution in [1.82, 2.24) is 10.2 Å². The molecule has 0 saturated carbocycles. The summed E-state index contributed by atoms with van der Waals surface area (Å²) in [4.78, 5) is 0. The van der Waals surface area contributed by atoms with Gasteiger partial charge in [-0.1, -0.05) is 70.9 Å². The molecule has 3 N–H and O–H groups in total. The number of nitrogens with two attached hydrogens (primary N) is 1. The van der Waals surface area contributed by atoms with Crippen LogP contribution in [0, 0.1) is 0 Å². The molecule has 5 nitrogen and oxygen atoms in total. The molecule has 1 heterocycles. The van der Waals surface area contributed by atoms with Crippen molar-refractivity contribution in [3.05, 3.63) is 71.8 Å². The Balaban J connectivity index is 1.96. The lowest BCUT2D eigenvalue weighted by Crippen LogP contribution is -2.12. The number of nitrogens with zero attached hydrogens (tertiary/aromatic N) is 2. The third kappa shape index (κ3) is 2.61. The standard InChI is InChI=1S/C15H14N4O/c16-14-18-19-15(20-14)17-13(11-7-3-1-4-8-11)12-9-5-2-6-10-12/h1-10,13H,(H2,16,18)(H,17,19). The van der Waals surface area contributed by atoms with Crippen LogP contribution in [0.15, 0.2) is 65.1 Å². The number of anilines is 2. The highest BCUT2D eigenvalue weighted by molar-refractivity contribution is 5.39. The Labute approximate surface area is 116 Å². The van der Waals surface area contributed by atoms with Crippen LogP contribution in [0.25, 0.3) is 0 Å². The molecule has 3 aromatic rings. The molecule has 0 fully saturated rings. The second-order valence-electron chi connectivity index (χ2n) is 4.34. The smallest absolute Gasteiger partial charge is 0.317 e. The molecule has 5 heteroatoms. The summed E-state index contributed by atoms with van der Waals surface area (Å²) in [5, 5.41) is 10.7. The fourth-order valence-electron chi connectivity index (χ4n) is 2.07. The molecule has 0 aliphatic carbocycles. The average molecular weight is 266 g/mol. The maximum absolute atomic E-state index is 5.45. The van der Waals surface area contributed by atoms with Gasteiger partial charge in [0.15, 0.2) is 0 Å². The van der Waals surface area contributed by atoms with Crippen LogP contribution >= 0.6 is 0 Å². The van der Waals surface area contributed by atoms with Crippen molar-refractivity contribution in [3.63, 3.8) is 0 Å². The Hall–Kier alpha value is -2.82. The second kappa shape index (κ2) is 5.44. The molecular weight excluding hydrogens is 252 g/mol.